The number of nitrogens with zero attached hydrogens (tertiary/aromatic N) is 4. The van der Waals surface area contributed by atoms with E-state index < -0.39 is 0 Å². The Balaban J connectivity index is 1.34. The molecular weight excluding hydrogens is 420 g/mol. The molecule has 0 aliphatic carbocycles. The minimum atomic E-state index is -0.00614. The highest BCUT2D eigenvalue weighted by molar-refractivity contribution is 5.92. The Hall–Kier alpha value is -3.81. The van der Waals surface area contributed by atoms with E-state index >= 15 is 0 Å². The van der Waals surface area contributed by atoms with E-state index in [1.807, 2.05) is 55.1 Å². The topological polar surface area (TPSA) is 80.9 Å². The van der Waals surface area contributed by atoms with Gasteiger partial charge in [0.25, 0.3) is 0 Å². The van der Waals surface area contributed by atoms with E-state index in [1.54, 1.807) is 25.5 Å². The highest BCUT2D eigenvalue weighted by atomic mass is 16.5. The van der Waals surface area contributed by atoms with Crippen LogP contribution in [-0.2, 0) is 11.4 Å². The van der Waals surface area contributed by atoms with Gasteiger partial charge in [0.15, 0.2) is 11.5 Å². The molecule has 2 aromatic heterocycles. The standard InChI is InChI=1S/C25H28N4O4/c1-18-21(19(2)33-27-18)17-32-22-9-7-20(16-23(22)31-3)8-10-25(30)29-14-12-28(13-15-29)24-6-4-5-11-26-24/h4-11,16H,12-15,17H2,1-3H3/b10-8+. The number of hydrogen-bond acceptors (Lipinski definition) is 7. The number of piperazine rings is 1. The van der Waals surface area contributed by atoms with Crippen molar-refractivity contribution in [3.05, 3.63) is 71.3 Å². The molecule has 1 amide bonds. The van der Waals surface area contributed by atoms with E-state index in [0.29, 0.717) is 31.2 Å². The summed E-state index contributed by atoms with van der Waals surface area (Å²) in [5.74, 6) is 2.90. The van der Waals surface area contributed by atoms with Crippen molar-refractivity contribution in [1.29, 1.82) is 0 Å². The lowest BCUT2D eigenvalue weighted by atomic mass is 10.1. The van der Waals surface area contributed by atoms with Crippen LogP contribution in [0, 0.1) is 13.8 Å². The first-order valence-electron chi connectivity index (χ1n) is 10.9. The van der Waals surface area contributed by atoms with E-state index in [-0.39, 0.29) is 5.91 Å². The zero-order valence-electron chi connectivity index (χ0n) is 19.2. The van der Waals surface area contributed by atoms with E-state index in [4.69, 9.17) is 14.0 Å². The van der Waals surface area contributed by atoms with E-state index in [0.717, 1.165) is 41.5 Å². The molecule has 0 saturated carbocycles. The maximum atomic E-state index is 12.7. The van der Waals surface area contributed by atoms with Crippen molar-refractivity contribution >= 4 is 17.8 Å². The fourth-order valence-corrected chi connectivity index (χ4v) is 3.73. The van der Waals surface area contributed by atoms with Crippen molar-refractivity contribution < 1.29 is 18.8 Å². The molecule has 0 bridgehead atoms. The second-order valence-electron chi connectivity index (χ2n) is 7.84. The number of carbonyl (C=O) groups excluding carboxylic acids is 1. The Labute approximate surface area is 193 Å². The predicted octanol–water partition coefficient (Wildman–Crippen LogP) is 3.64. The number of aryl methyl sites for hydroxylation is 2. The van der Waals surface area contributed by atoms with Crippen molar-refractivity contribution in [2.45, 2.75) is 20.5 Å². The summed E-state index contributed by atoms with van der Waals surface area (Å²) in [5, 5.41) is 3.95. The molecule has 4 rings (SSSR count). The normalized spacial score (nSPS) is 14.0. The molecule has 1 aliphatic heterocycles. The maximum Gasteiger partial charge on any atom is 0.246 e. The van der Waals surface area contributed by atoms with Crippen molar-refractivity contribution in [3.63, 3.8) is 0 Å². The number of benzene rings is 1. The van der Waals surface area contributed by atoms with Gasteiger partial charge in [0, 0.05) is 38.5 Å². The zero-order valence-corrected chi connectivity index (χ0v) is 19.2. The third kappa shape index (κ3) is 5.34. The number of hydrogen-bond donors (Lipinski definition) is 0. The highest BCUT2D eigenvalue weighted by Crippen LogP contribution is 2.30. The van der Waals surface area contributed by atoms with Crippen LogP contribution in [0.3, 0.4) is 0 Å². The highest BCUT2D eigenvalue weighted by Gasteiger charge is 2.20. The minimum Gasteiger partial charge on any atom is -0.493 e. The summed E-state index contributed by atoms with van der Waals surface area (Å²) >= 11 is 0. The van der Waals surface area contributed by atoms with Crippen LogP contribution < -0.4 is 14.4 Å². The molecular formula is C25H28N4O4. The lowest BCUT2D eigenvalue weighted by Crippen LogP contribution is -2.48. The van der Waals surface area contributed by atoms with Gasteiger partial charge in [-0.05, 0) is 49.8 Å². The predicted molar refractivity (Wildman–Crippen MR) is 125 cm³/mol. The first kappa shape index (κ1) is 22.4. The number of amides is 1. The average Bonchev–Trinajstić information content (AvgIpc) is 3.18. The van der Waals surface area contributed by atoms with Crippen LogP contribution in [0.5, 0.6) is 11.5 Å². The fraction of sp³-hybridized carbons (Fsp3) is 0.320. The molecule has 0 radical (unpaired) electrons. The van der Waals surface area contributed by atoms with Gasteiger partial charge in [0.05, 0.1) is 18.4 Å². The zero-order chi connectivity index (χ0) is 23.2. The molecule has 172 valence electrons. The van der Waals surface area contributed by atoms with Gasteiger partial charge >= 0.3 is 0 Å². The molecule has 33 heavy (non-hydrogen) atoms. The number of rotatable bonds is 7. The molecule has 0 unspecified atom stereocenters. The summed E-state index contributed by atoms with van der Waals surface area (Å²) < 4.78 is 16.6. The molecule has 8 heteroatoms. The van der Waals surface area contributed by atoms with Crippen LogP contribution in [0.25, 0.3) is 6.08 Å². The minimum absolute atomic E-state index is 0.00614. The number of carbonyl (C=O) groups is 1. The first-order chi connectivity index (χ1) is 16.0. The van der Waals surface area contributed by atoms with Crippen molar-refractivity contribution in [3.8, 4) is 11.5 Å². The fourth-order valence-electron chi connectivity index (χ4n) is 3.73. The SMILES string of the molecule is COc1cc(/C=C/C(=O)N2CCN(c3ccccn3)CC2)ccc1OCc1c(C)noc1C. The van der Waals surface area contributed by atoms with Gasteiger partial charge in [-0.1, -0.05) is 17.3 Å². The van der Waals surface area contributed by atoms with Crippen LogP contribution in [0.2, 0.25) is 0 Å². The Morgan fingerprint density at radius 1 is 1.12 bits per heavy atom. The molecule has 1 saturated heterocycles. The van der Waals surface area contributed by atoms with Gasteiger partial charge in [0.1, 0.15) is 18.2 Å². The average molecular weight is 449 g/mol. The third-order valence-electron chi connectivity index (χ3n) is 5.72. The lowest BCUT2D eigenvalue weighted by molar-refractivity contribution is -0.126. The van der Waals surface area contributed by atoms with E-state index in [1.165, 1.54) is 0 Å². The van der Waals surface area contributed by atoms with Crippen LogP contribution in [0.1, 0.15) is 22.6 Å². The summed E-state index contributed by atoms with van der Waals surface area (Å²) in [6, 6.07) is 11.5. The Morgan fingerprint density at radius 2 is 1.94 bits per heavy atom. The largest absolute Gasteiger partial charge is 0.493 e. The maximum absolute atomic E-state index is 12.7. The van der Waals surface area contributed by atoms with Crippen LogP contribution >= 0.6 is 0 Å². The van der Waals surface area contributed by atoms with E-state index in [9.17, 15) is 4.79 Å². The number of aromatic nitrogens is 2. The molecule has 1 aliphatic rings. The monoisotopic (exact) mass is 448 g/mol. The second kappa shape index (κ2) is 10.2. The quantitative estimate of drug-likeness (QED) is 0.511. The van der Waals surface area contributed by atoms with Gasteiger partial charge < -0.3 is 23.8 Å². The summed E-state index contributed by atoms with van der Waals surface area (Å²) in [5.41, 5.74) is 2.59. The molecule has 0 N–H and O–H groups in total. The number of pyridine rings is 1. The van der Waals surface area contributed by atoms with Gasteiger partial charge in [-0.2, -0.15) is 0 Å². The molecule has 0 spiro atoms. The molecule has 0 atom stereocenters. The van der Waals surface area contributed by atoms with Gasteiger partial charge in [-0.3, -0.25) is 4.79 Å². The number of methoxy groups -OCH3 is 1. The Morgan fingerprint density at radius 3 is 2.61 bits per heavy atom. The van der Waals surface area contributed by atoms with Gasteiger partial charge in [0.2, 0.25) is 5.91 Å². The van der Waals surface area contributed by atoms with Crippen LogP contribution in [-0.4, -0.2) is 54.2 Å². The van der Waals surface area contributed by atoms with Crippen molar-refractivity contribution in [2.24, 2.45) is 0 Å². The van der Waals surface area contributed by atoms with Crippen molar-refractivity contribution in [2.75, 3.05) is 38.2 Å². The van der Waals surface area contributed by atoms with Crippen LogP contribution in [0.15, 0.2) is 53.2 Å². The Kier molecular flexibility index (Phi) is 6.92. The second-order valence-corrected chi connectivity index (χ2v) is 7.84. The number of ether oxygens (including phenoxy) is 2. The van der Waals surface area contributed by atoms with Gasteiger partial charge in [-0.15, -0.1) is 0 Å². The Bertz CT molecular complexity index is 1100. The van der Waals surface area contributed by atoms with Crippen LogP contribution in [0.4, 0.5) is 5.82 Å². The van der Waals surface area contributed by atoms with Gasteiger partial charge in [-0.25, -0.2) is 4.98 Å². The van der Waals surface area contributed by atoms with Crippen molar-refractivity contribution in [1.82, 2.24) is 15.0 Å². The molecule has 1 fully saturated rings. The summed E-state index contributed by atoms with van der Waals surface area (Å²) in [6.45, 7) is 6.95. The summed E-state index contributed by atoms with van der Waals surface area (Å²) in [4.78, 5) is 21.1. The summed E-state index contributed by atoms with van der Waals surface area (Å²) in [7, 11) is 1.60. The third-order valence-corrected chi connectivity index (χ3v) is 5.72. The molecule has 8 nitrogen and oxygen atoms in total. The van der Waals surface area contributed by atoms with E-state index in [2.05, 4.69) is 15.0 Å². The lowest BCUT2D eigenvalue weighted by Gasteiger charge is -2.34. The smallest absolute Gasteiger partial charge is 0.246 e. The number of anilines is 1. The molecule has 1 aromatic carbocycles. The molecule has 3 heterocycles. The first-order valence-corrected chi connectivity index (χ1v) is 10.9. The summed E-state index contributed by atoms with van der Waals surface area (Å²) in [6.07, 6.45) is 5.20. The molecule has 3 aromatic rings.